The molecule has 0 spiro atoms. The highest BCUT2D eigenvalue weighted by Crippen LogP contribution is 2.33. The average molecular weight is 210 g/mol. The SMILES string of the molecule is COc1ccc(C)c(CC(=O)O)c1OC. The first kappa shape index (κ1) is 11.4. The molecule has 4 heteroatoms. The first-order chi connectivity index (χ1) is 7.10. The summed E-state index contributed by atoms with van der Waals surface area (Å²) in [5.41, 5.74) is 1.54. The van der Waals surface area contributed by atoms with Crippen LogP contribution in [0.3, 0.4) is 0 Å². The molecular weight excluding hydrogens is 196 g/mol. The molecule has 1 rings (SSSR count). The molecule has 0 aliphatic carbocycles. The Morgan fingerprint density at radius 2 is 2.00 bits per heavy atom. The zero-order valence-corrected chi connectivity index (χ0v) is 9.03. The number of carboxylic acids is 1. The summed E-state index contributed by atoms with van der Waals surface area (Å²) in [7, 11) is 3.03. The lowest BCUT2D eigenvalue weighted by atomic mass is 10.0. The number of rotatable bonds is 4. The summed E-state index contributed by atoms with van der Waals surface area (Å²) >= 11 is 0. The molecule has 0 saturated heterocycles. The summed E-state index contributed by atoms with van der Waals surface area (Å²) in [4.78, 5) is 10.7. The van der Waals surface area contributed by atoms with E-state index in [0.717, 1.165) is 5.56 Å². The summed E-state index contributed by atoms with van der Waals surface area (Å²) in [5, 5.41) is 8.78. The van der Waals surface area contributed by atoms with Crippen LogP contribution in [0.25, 0.3) is 0 Å². The Morgan fingerprint density at radius 1 is 1.33 bits per heavy atom. The van der Waals surface area contributed by atoms with E-state index in [1.54, 1.807) is 6.07 Å². The summed E-state index contributed by atoms with van der Waals surface area (Å²) in [6.45, 7) is 1.85. The van der Waals surface area contributed by atoms with Gasteiger partial charge in [0.1, 0.15) is 0 Å². The van der Waals surface area contributed by atoms with Gasteiger partial charge in [0.2, 0.25) is 0 Å². The molecule has 0 bridgehead atoms. The molecule has 0 radical (unpaired) electrons. The number of ether oxygens (including phenoxy) is 2. The fourth-order valence-electron chi connectivity index (χ4n) is 1.46. The van der Waals surface area contributed by atoms with Crippen molar-refractivity contribution < 1.29 is 19.4 Å². The lowest BCUT2D eigenvalue weighted by Crippen LogP contribution is -2.05. The van der Waals surface area contributed by atoms with Gasteiger partial charge >= 0.3 is 5.97 Å². The summed E-state index contributed by atoms with van der Waals surface area (Å²) in [5.74, 6) is 0.170. The lowest BCUT2D eigenvalue weighted by Gasteiger charge is -2.13. The van der Waals surface area contributed by atoms with E-state index in [1.807, 2.05) is 13.0 Å². The van der Waals surface area contributed by atoms with Crippen molar-refractivity contribution in [2.24, 2.45) is 0 Å². The van der Waals surface area contributed by atoms with Crippen LogP contribution < -0.4 is 9.47 Å². The van der Waals surface area contributed by atoms with E-state index >= 15 is 0 Å². The second-order valence-corrected chi connectivity index (χ2v) is 3.17. The maximum Gasteiger partial charge on any atom is 0.307 e. The van der Waals surface area contributed by atoms with Gasteiger partial charge < -0.3 is 14.6 Å². The van der Waals surface area contributed by atoms with E-state index in [0.29, 0.717) is 17.1 Å². The van der Waals surface area contributed by atoms with Crippen molar-refractivity contribution in [3.8, 4) is 11.5 Å². The third-order valence-electron chi connectivity index (χ3n) is 2.21. The third-order valence-corrected chi connectivity index (χ3v) is 2.21. The molecule has 0 atom stereocenters. The molecule has 0 amide bonds. The number of hydrogen-bond donors (Lipinski definition) is 1. The molecule has 1 aromatic rings. The zero-order chi connectivity index (χ0) is 11.4. The molecule has 0 unspecified atom stereocenters. The Balaban J connectivity index is 3.25. The van der Waals surface area contributed by atoms with Gasteiger partial charge in [0, 0.05) is 5.56 Å². The van der Waals surface area contributed by atoms with Crippen LogP contribution >= 0.6 is 0 Å². The van der Waals surface area contributed by atoms with E-state index in [-0.39, 0.29) is 6.42 Å². The van der Waals surface area contributed by atoms with Gasteiger partial charge in [-0.1, -0.05) is 6.07 Å². The van der Waals surface area contributed by atoms with Crippen LogP contribution in [-0.2, 0) is 11.2 Å². The molecule has 82 valence electrons. The maximum absolute atomic E-state index is 10.7. The quantitative estimate of drug-likeness (QED) is 0.820. The molecule has 0 aromatic heterocycles. The fraction of sp³-hybridized carbons (Fsp3) is 0.364. The standard InChI is InChI=1S/C11H14O4/c1-7-4-5-9(14-2)11(15-3)8(7)6-10(12)13/h4-5H,6H2,1-3H3,(H,12,13). The minimum Gasteiger partial charge on any atom is -0.493 e. The highest BCUT2D eigenvalue weighted by molar-refractivity contribution is 5.73. The van der Waals surface area contributed by atoms with Crippen LogP contribution in [0.4, 0.5) is 0 Å². The molecule has 4 nitrogen and oxygen atoms in total. The molecule has 0 fully saturated rings. The van der Waals surface area contributed by atoms with Gasteiger partial charge in [-0.05, 0) is 18.6 Å². The minimum absolute atomic E-state index is 0.0633. The van der Waals surface area contributed by atoms with Crippen molar-refractivity contribution in [2.45, 2.75) is 13.3 Å². The second-order valence-electron chi connectivity index (χ2n) is 3.17. The van der Waals surface area contributed by atoms with Gasteiger partial charge in [-0.15, -0.1) is 0 Å². The molecule has 0 aliphatic rings. The number of aryl methyl sites for hydroxylation is 1. The number of benzene rings is 1. The number of carboxylic acid groups (broad SMARTS) is 1. The van der Waals surface area contributed by atoms with E-state index in [1.165, 1.54) is 14.2 Å². The first-order valence-electron chi connectivity index (χ1n) is 4.52. The Kier molecular flexibility index (Phi) is 3.55. The van der Waals surface area contributed by atoms with Crippen molar-refractivity contribution in [3.05, 3.63) is 23.3 Å². The number of aliphatic carboxylic acids is 1. The lowest BCUT2D eigenvalue weighted by molar-refractivity contribution is -0.136. The molecule has 1 aromatic carbocycles. The smallest absolute Gasteiger partial charge is 0.307 e. The zero-order valence-electron chi connectivity index (χ0n) is 9.03. The Labute approximate surface area is 88.4 Å². The monoisotopic (exact) mass is 210 g/mol. The molecule has 1 N–H and O–H groups in total. The Hall–Kier alpha value is -1.71. The van der Waals surface area contributed by atoms with Crippen LogP contribution in [0.5, 0.6) is 11.5 Å². The van der Waals surface area contributed by atoms with E-state index < -0.39 is 5.97 Å². The summed E-state index contributed by atoms with van der Waals surface area (Å²) < 4.78 is 10.3. The highest BCUT2D eigenvalue weighted by Gasteiger charge is 2.14. The number of carbonyl (C=O) groups is 1. The first-order valence-corrected chi connectivity index (χ1v) is 4.52. The molecule has 15 heavy (non-hydrogen) atoms. The number of methoxy groups -OCH3 is 2. The van der Waals surface area contributed by atoms with E-state index in [2.05, 4.69) is 0 Å². The van der Waals surface area contributed by atoms with Crippen molar-refractivity contribution in [3.63, 3.8) is 0 Å². The molecule has 0 saturated carbocycles. The van der Waals surface area contributed by atoms with Crippen LogP contribution in [0, 0.1) is 6.92 Å². The topological polar surface area (TPSA) is 55.8 Å². The van der Waals surface area contributed by atoms with Gasteiger partial charge in [-0.2, -0.15) is 0 Å². The van der Waals surface area contributed by atoms with Crippen LogP contribution in [0.2, 0.25) is 0 Å². The van der Waals surface area contributed by atoms with Gasteiger partial charge in [-0.25, -0.2) is 0 Å². The molecular formula is C11H14O4. The minimum atomic E-state index is -0.885. The Bertz CT molecular complexity index is 371. The third kappa shape index (κ3) is 2.40. The summed E-state index contributed by atoms with van der Waals surface area (Å²) in [6.07, 6.45) is -0.0633. The van der Waals surface area contributed by atoms with Crippen LogP contribution in [0.1, 0.15) is 11.1 Å². The van der Waals surface area contributed by atoms with Crippen molar-refractivity contribution in [1.29, 1.82) is 0 Å². The van der Waals surface area contributed by atoms with Crippen LogP contribution in [0.15, 0.2) is 12.1 Å². The second kappa shape index (κ2) is 4.68. The van der Waals surface area contributed by atoms with Gasteiger partial charge in [0.25, 0.3) is 0 Å². The fourth-order valence-corrected chi connectivity index (χ4v) is 1.46. The van der Waals surface area contributed by atoms with Gasteiger partial charge in [-0.3, -0.25) is 4.79 Å². The Morgan fingerprint density at radius 3 is 2.47 bits per heavy atom. The predicted molar refractivity (Wildman–Crippen MR) is 55.6 cm³/mol. The van der Waals surface area contributed by atoms with Gasteiger partial charge in [0.15, 0.2) is 11.5 Å². The van der Waals surface area contributed by atoms with Crippen molar-refractivity contribution in [2.75, 3.05) is 14.2 Å². The largest absolute Gasteiger partial charge is 0.493 e. The van der Waals surface area contributed by atoms with E-state index in [9.17, 15) is 4.79 Å². The van der Waals surface area contributed by atoms with Crippen molar-refractivity contribution in [1.82, 2.24) is 0 Å². The van der Waals surface area contributed by atoms with Crippen molar-refractivity contribution >= 4 is 5.97 Å². The highest BCUT2D eigenvalue weighted by atomic mass is 16.5. The number of hydrogen-bond acceptors (Lipinski definition) is 3. The molecule has 0 aliphatic heterocycles. The molecule has 0 heterocycles. The maximum atomic E-state index is 10.7. The van der Waals surface area contributed by atoms with Gasteiger partial charge in [0.05, 0.1) is 20.6 Å². The normalized spacial score (nSPS) is 9.80. The predicted octanol–water partition coefficient (Wildman–Crippen LogP) is 1.64. The summed E-state index contributed by atoms with van der Waals surface area (Å²) in [6, 6.07) is 3.58. The average Bonchev–Trinajstić information content (AvgIpc) is 2.20. The van der Waals surface area contributed by atoms with Crippen LogP contribution in [-0.4, -0.2) is 25.3 Å². The van der Waals surface area contributed by atoms with E-state index in [4.69, 9.17) is 14.6 Å².